The summed E-state index contributed by atoms with van der Waals surface area (Å²) in [5.74, 6) is 1.01. The highest BCUT2D eigenvalue weighted by Crippen LogP contribution is 2.34. The molecule has 32 heavy (non-hydrogen) atoms. The number of rotatable bonds is 5. The second-order valence-electron chi connectivity index (χ2n) is 9.60. The number of likely N-dealkylation sites (tertiary alicyclic amines) is 1. The van der Waals surface area contributed by atoms with Crippen LogP contribution in [-0.4, -0.2) is 91.9 Å². The van der Waals surface area contributed by atoms with E-state index in [0.29, 0.717) is 23.5 Å². The van der Waals surface area contributed by atoms with Gasteiger partial charge in [-0.2, -0.15) is 4.31 Å². The molecule has 3 saturated heterocycles. The minimum absolute atomic E-state index is 0.105. The fourth-order valence-electron chi connectivity index (χ4n) is 5.29. The minimum Gasteiger partial charge on any atom is -0.354 e. The summed E-state index contributed by atoms with van der Waals surface area (Å²) in [5, 5.41) is 0. The van der Waals surface area contributed by atoms with E-state index in [-0.39, 0.29) is 6.04 Å². The van der Waals surface area contributed by atoms with Gasteiger partial charge in [0.2, 0.25) is 10.0 Å². The first-order chi connectivity index (χ1) is 15.3. The molecule has 0 N–H and O–H groups in total. The number of anilines is 1. The van der Waals surface area contributed by atoms with Crippen LogP contribution in [0.15, 0.2) is 47.5 Å². The number of likely N-dealkylation sites (N-methyl/N-ethyl adjacent to an activating group) is 1. The van der Waals surface area contributed by atoms with Crippen molar-refractivity contribution in [1.82, 2.24) is 19.1 Å². The lowest BCUT2D eigenvalue weighted by atomic mass is 10.1. The van der Waals surface area contributed by atoms with Gasteiger partial charge in [0.05, 0.1) is 4.90 Å². The predicted molar refractivity (Wildman–Crippen MR) is 127 cm³/mol. The second kappa shape index (κ2) is 8.41. The maximum absolute atomic E-state index is 13.1. The van der Waals surface area contributed by atoms with Crippen LogP contribution in [0.1, 0.15) is 20.3 Å². The van der Waals surface area contributed by atoms with Crippen molar-refractivity contribution in [2.75, 3.05) is 51.2 Å². The van der Waals surface area contributed by atoms with E-state index in [1.165, 1.54) is 0 Å². The molecule has 5 rings (SSSR count). The molecule has 1 aromatic heterocycles. The van der Waals surface area contributed by atoms with Crippen molar-refractivity contribution in [2.24, 2.45) is 0 Å². The van der Waals surface area contributed by atoms with E-state index >= 15 is 0 Å². The highest BCUT2D eigenvalue weighted by molar-refractivity contribution is 7.89. The van der Waals surface area contributed by atoms with Crippen LogP contribution in [0.25, 0.3) is 11.1 Å². The summed E-state index contributed by atoms with van der Waals surface area (Å²) in [4.78, 5) is 12.2. The average Bonchev–Trinajstić information content (AvgIpc) is 3.39. The Hall–Kier alpha value is -2.00. The van der Waals surface area contributed by atoms with Crippen molar-refractivity contribution in [3.05, 3.63) is 42.6 Å². The molecular formula is C24H33N5O2S. The van der Waals surface area contributed by atoms with Crippen molar-refractivity contribution in [3.63, 3.8) is 0 Å². The monoisotopic (exact) mass is 455 g/mol. The Morgan fingerprint density at radius 1 is 0.906 bits per heavy atom. The van der Waals surface area contributed by atoms with Crippen LogP contribution in [-0.2, 0) is 10.0 Å². The van der Waals surface area contributed by atoms with E-state index in [1.807, 2.05) is 18.3 Å². The minimum atomic E-state index is -3.44. The first-order valence-electron chi connectivity index (χ1n) is 11.6. The van der Waals surface area contributed by atoms with E-state index in [9.17, 15) is 8.42 Å². The van der Waals surface area contributed by atoms with Gasteiger partial charge in [0.15, 0.2) is 0 Å². The number of hydrogen-bond donors (Lipinski definition) is 0. The normalized spacial score (nSPS) is 25.2. The number of benzene rings is 1. The molecule has 0 aliphatic carbocycles. The maximum atomic E-state index is 13.1. The first kappa shape index (κ1) is 21.8. The molecule has 2 aromatic rings. The number of piperazine rings is 2. The third kappa shape index (κ3) is 3.94. The van der Waals surface area contributed by atoms with E-state index in [2.05, 4.69) is 47.7 Å². The molecule has 2 atom stereocenters. The van der Waals surface area contributed by atoms with E-state index < -0.39 is 10.0 Å². The van der Waals surface area contributed by atoms with Crippen LogP contribution >= 0.6 is 0 Å². The fourth-order valence-corrected chi connectivity index (χ4v) is 6.95. The average molecular weight is 456 g/mol. The van der Waals surface area contributed by atoms with Gasteiger partial charge in [-0.15, -0.1) is 0 Å². The fraction of sp³-hybridized carbons (Fsp3) is 0.542. The number of hydrogen-bond acceptors (Lipinski definition) is 6. The summed E-state index contributed by atoms with van der Waals surface area (Å²) in [5.41, 5.74) is 1.98. The van der Waals surface area contributed by atoms with Crippen molar-refractivity contribution in [3.8, 4) is 11.1 Å². The molecule has 0 radical (unpaired) electrons. The Morgan fingerprint density at radius 2 is 1.59 bits per heavy atom. The van der Waals surface area contributed by atoms with Gasteiger partial charge in [0, 0.05) is 69.2 Å². The molecule has 3 aliphatic heterocycles. The number of nitrogens with zero attached hydrogens (tertiary/aromatic N) is 5. The van der Waals surface area contributed by atoms with Crippen LogP contribution in [0.4, 0.5) is 5.82 Å². The number of aromatic nitrogens is 1. The molecule has 7 nitrogen and oxygen atoms in total. The summed E-state index contributed by atoms with van der Waals surface area (Å²) in [6.07, 6.45) is 2.83. The zero-order valence-electron chi connectivity index (χ0n) is 19.2. The van der Waals surface area contributed by atoms with E-state index in [1.54, 1.807) is 16.4 Å². The topological polar surface area (TPSA) is 60.0 Å². The molecule has 3 aliphatic rings. The molecular weight excluding hydrogens is 422 g/mol. The molecule has 0 saturated carbocycles. The molecule has 2 unspecified atom stereocenters. The van der Waals surface area contributed by atoms with Crippen LogP contribution in [0.5, 0.6) is 0 Å². The molecule has 1 aromatic carbocycles. The van der Waals surface area contributed by atoms with Crippen molar-refractivity contribution < 1.29 is 8.42 Å². The summed E-state index contributed by atoms with van der Waals surface area (Å²) in [7, 11) is -1.37. The van der Waals surface area contributed by atoms with Crippen LogP contribution < -0.4 is 4.90 Å². The quantitative estimate of drug-likeness (QED) is 0.690. The van der Waals surface area contributed by atoms with Gasteiger partial charge in [-0.05, 0) is 57.1 Å². The van der Waals surface area contributed by atoms with Crippen LogP contribution in [0.2, 0.25) is 0 Å². The Bertz CT molecular complexity index is 1040. The summed E-state index contributed by atoms with van der Waals surface area (Å²) in [6, 6.07) is 12.5. The van der Waals surface area contributed by atoms with Crippen LogP contribution in [0, 0.1) is 0 Å². The first-order valence-corrected chi connectivity index (χ1v) is 13.0. The second-order valence-corrected chi connectivity index (χ2v) is 11.5. The highest BCUT2D eigenvalue weighted by atomic mass is 32.2. The summed E-state index contributed by atoms with van der Waals surface area (Å²) in [6.45, 7) is 10.0. The zero-order valence-corrected chi connectivity index (χ0v) is 20.0. The predicted octanol–water partition coefficient (Wildman–Crippen LogP) is 2.36. The smallest absolute Gasteiger partial charge is 0.243 e. The maximum Gasteiger partial charge on any atom is 0.243 e. The molecule has 8 heteroatoms. The Labute approximate surface area is 191 Å². The van der Waals surface area contributed by atoms with Gasteiger partial charge in [0.1, 0.15) is 5.82 Å². The van der Waals surface area contributed by atoms with E-state index in [0.717, 1.165) is 56.1 Å². The van der Waals surface area contributed by atoms with Gasteiger partial charge in [0.25, 0.3) is 0 Å². The lowest BCUT2D eigenvalue weighted by molar-refractivity contribution is 0.209. The summed E-state index contributed by atoms with van der Waals surface area (Å²) < 4.78 is 28.0. The van der Waals surface area contributed by atoms with Gasteiger partial charge in [-0.25, -0.2) is 13.4 Å². The zero-order chi connectivity index (χ0) is 22.5. The van der Waals surface area contributed by atoms with Crippen LogP contribution in [0.3, 0.4) is 0 Å². The SMILES string of the molecule is CC(C)N1CCN(c2ccc(-c3ccc(S(=O)(=O)N4CC5CC4CN5C)cc3)cn2)CC1. The molecule has 3 fully saturated rings. The molecule has 0 spiro atoms. The molecule has 4 heterocycles. The standard InChI is InChI=1S/C24H33N5O2S/c1-18(2)27-10-12-28(13-11-27)24-9-6-20(15-25-24)19-4-7-23(8-5-19)32(30,31)29-17-21-14-22(29)16-26(21)3/h4-9,15,18,21-22H,10-14,16-17H2,1-3H3. The van der Waals surface area contributed by atoms with Crippen molar-refractivity contribution in [2.45, 2.75) is 43.3 Å². The highest BCUT2D eigenvalue weighted by Gasteiger charge is 2.46. The van der Waals surface area contributed by atoms with E-state index in [4.69, 9.17) is 4.98 Å². The third-order valence-electron chi connectivity index (χ3n) is 7.37. The molecule has 172 valence electrons. The molecule has 2 bridgehead atoms. The number of fused-ring (bicyclic) bond motifs is 2. The number of sulfonamides is 1. The van der Waals surface area contributed by atoms with Gasteiger partial charge in [-0.3, -0.25) is 4.90 Å². The van der Waals surface area contributed by atoms with Crippen molar-refractivity contribution in [1.29, 1.82) is 0 Å². The third-order valence-corrected chi connectivity index (χ3v) is 9.31. The number of pyridine rings is 1. The Kier molecular flexibility index (Phi) is 5.73. The van der Waals surface area contributed by atoms with Crippen molar-refractivity contribution >= 4 is 15.8 Å². The lowest BCUT2D eigenvalue weighted by Gasteiger charge is -2.37. The Balaban J connectivity index is 1.26. The summed E-state index contributed by atoms with van der Waals surface area (Å²) >= 11 is 0. The molecule has 0 amide bonds. The van der Waals surface area contributed by atoms with Gasteiger partial charge >= 0.3 is 0 Å². The van der Waals surface area contributed by atoms with Gasteiger partial charge < -0.3 is 9.80 Å². The lowest BCUT2D eigenvalue weighted by Crippen LogP contribution is -2.49. The Morgan fingerprint density at radius 3 is 2.12 bits per heavy atom. The largest absolute Gasteiger partial charge is 0.354 e. The van der Waals surface area contributed by atoms with Gasteiger partial charge in [-0.1, -0.05) is 12.1 Å².